The summed E-state index contributed by atoms with van der Waals surface area (Å²) in [5.74, 6) is -0.197. The summed E-state index contributed by atoms with van der Waals surface area (Å²) in [5.41, 5.74) is 5.29. The molecule has 138 valence electrons. The highest BCUT2D eigenvalue weighted by molar-refractivity contribution is 5.69. The predicted molar refractivity (Wildman–Crippen MR) is 94.5 cm³/mol. The van der Waals surface area contributed by atoms with Crippen molar-refractivity contribution in [1.29, 1.82) is 0 Å². The average Bonchev–Trinajstić information content (AvgIpc) is 2.56. The highest BCUT2D eigenvalue weighted by atomic mass is 16.6. The normalized spacial score (nSPS) is 10.7. The number of nitrogens with zero attached hydrogens (tertiary/aromatic N) is 1. The second-order valence-electron chi connectivity index (χ2n) is 4.96. The number of carbonyl (C=O) groups is 1. The molecule has 0 saturated heterocycles. The molecule has 0 bridgehead atoms. The lowest BCUT2D eigenvalue weighted by Crippen LogP contribution is -2.27. The number of nitrogens with two attached hydrogens (primary N) is 1. The van der Waals surface area contributed by atoms with E-state index in [1.807, 2.05) is 11.9 Å². The molecule has 0 aliphatic carbocycles. The Morgan fingerprint density at radius 3 is 2.22 bits per heavy atom. The van der Waals surface area contributed by atoms with Crippen molar-refractivity contribution in [2.75, 3.05) is 60.2 Å². The third kappa shape index (κ3) is 23.4. The van der Waals surface area contributed by atoms with Crippen LogP contribution in [-0.4, -0.2) is 71.1 Å². The van der Waals surface area contributed by atoms with Crippen LogP contribution in [-0.2, 0) is 19.0 Å². The monoisotopic (exact) mass is 332 g/mol. The number of hydrogen-bond donors (Lipinski definition) is 1. The van der Waals surface area contributed by atoms with E-state index < -0.39 is 0 Å². The predicted octanol–water partition coefficient (Wildman–Crippen LogP) is 1.84. The van der Waals surface area contributed by atoms with E-state index in [0.29, 0.717) is 45.9 Å². The lowest BCUT2D eigenvalue weighted by atomic mass is 10.4. The molecule has 0 atom stereocenters. The zero-order chi connectivity index (χ0) is 17.8. The van der Waals surface area contributed by atoms with Crippen molar-refractivity contribution in [2.45, 2.75) is 33.1 Å². The number of allylic oxidation sites excluding steroid dienone is 2. The molecule has 0 amide bonds. The molecule has 0 radical (unpaired) electrons. The fourth-order valence-corrected chi connectivity index (χ4v) is 1.44. The first-order valence-corrected chi connectivity index (χ1v) is 8.38. The van der Waals surface area contributed by atoms with Crippen LogP contribution < -0.4 is 5.73 Å². The van der Waals surface area contributed by atoms with Gasteiger partial charge in [0.1, 0.15) is 6.61 Å². The minimum Gasteiger partial charge on any atom is -0.463 e. The Balaban J connectivity index is 0. The minimum atomic E-state index is -0.197. The van der Waals surface area contributed by atoms with Gasteiger partial charge < -0.3 is 24.8 Å². The van der Waals surface area contributed by atoms with E-state index in [0.717, 1.165) is 6.54 Å². The molecular weight excluding hydrogens is 296 g/mol. The second-order valence-corrected chi connectivity index (χ2v) is 4.96. The van der Waals surface area contributed by atoms with Crippen molar-refractivity contribution in [3.63, 3.8) is 0 Å². The molecule has 0 spiro atoms. The Kier molecular flexibility index (Phi) is 22.2. The molecule has 0 unspecified atom stereocenters. The van der Waals surface area contributed by atoms with E-state index in [4.69, 9.17) is 19.9 Å². The molecule has 0 rings (SSSR count). The van der Waals surface area contributed by atoms with Gasteiger partial charge in [-0.3, -0.25) is 4.79 Å². The maximum Gasteiger partial charge on any atom is 0.307 e. The van der Waals surface area contributed by atoms with Gasteiger partial charge in [0.2, 0.25) is 0 Å². The summed E-state index contributed by atoms with van der Waals surface area (Å²) in [6, 6.07) is 0. The zero-order valence-corrected chi connectivity index (χ0v) is 15.4. The summed E-state index contributed by atoms with van der Waals surface area (Å²) in [4.78, 5) is 13.3. The van der Waals surface area contributed by atoms with E-state index in [1.54, 1.807) is 7.11 Å². The highest BCUT2D eigenvalue weighted by Gasteiger charge is 2.05. The SMILES string of the molecule is CCC=CCC.COCCOC(=O)CCN(C)CCOCCN. The van der Waals surface area contributed by atoms with Gasteiger partial charge in [-0.1, -0.05) is 26.0 Å². The molecule has 0 aliphatic heterocycles. The van der Waals surface area contributed by atoms with Crippen LogP contribution >= 0.6 is 0 Å². The lowest BCUT2D eigenvalue weighted by molar-refractivity contribution is -0.145. The van der Waals surface area contributed by atoms with Crippen molar-refractivity contribution in [1.82, 2.24) is 4.90 Å². The molecule has 0 fully saturated rings. The molecule has 0 saturated carbocycles. The maximum absolute atomic E-state index is 11.2. The average molecular weight is 332 g/mol. The lowest BCUT2D eigenvalue weighted by Gasteiger charge is -2.15. The summed E-state index contributed by atoms with van der Waals surface area (Å²) in [6.45, 7) is 8.24. The minimum absolute atomic E-state index is 0.197. The second kappa shape index (κ2) is 21.0. The number of carbonyl (C=O) groups excluding carboxylic acids is 1. The van der Waals surface area contributed by atoms with E-state index >= 15 is 0 Å². The van der Waals surface area contributed by atoms with E-state index in [2.05, 4.69) is 26.0 Å². The number of likely N-dealkylation sites (N-methyl/N-ethyl adjacent to an activating group) is 1. The number of rotatable bonds is 13. The molecule has 23 heavy (non-hydrogen) atoms. The molecule has 2 N–H and O–H groups in total. The fourth-order valence-electron chi connectivity index (χ4n) is 1.44. The third-order valence-corrected chi connectivity index (χ3v) is 2.77. The fraction of sp³-hybridized carbons (Fsp3) is 0.824. The van der Waals surface area contributed by atoms with Crippen LogP contribution in [0.1, 0.15) is 33.1 Å². The summed E-state index contributed by atoms with van der Waals surface area (Å²) in [7, 11) is 3.51. The Morgan fingerprint density at radius 2 is 1.70 bits per heavy atom. The van der Waals surface area contributed by atoms with E-state index in [-0.39, 0.29) is 5.97 Å². The first-order valence-electron chi connectivity index (χ1n) is 8.38. The summed E-state index contributed by atoms with van der Waals surface area (Å²) < 4.78 is 15.0. The standard InChI is InChI=1S/C11H24N2O4.C6H12/c1-13(6-8-16-7-4-12)5-3-11(14)17-10-9-15-2;1-3-5-6-4-2/h3-10,12H2,1-2H3;5-6H,3-4H2,1-2H3. The summed E-state index contributed by atoms with van der Waals surface area (Å²) in [5, 5.41) is 0. The van der Waals surface area contributed by atoms with Gasteiger partial charge in [-0.05, 0) is 19.9 Å². The van der Waals surface area contributed by atoms with Crippen LogP contribution in [0.15, 0.2) is 12.2 Å². The van der Waals surface area contributed by atoms with Gasteiger partial charge in [0.25, 0.3) is 0 Å². The highest BCUT2D eigenvalue weighted by Crippen LogP contribution is 1.91. The molecule has 6 nitrogen and oxygen atoms in total. The first-order chi connectivity index (χ1) is 11.1. The number of esters is 1. The number of hydrogen-bond acceptors (Lipinski definition) is 6. The van der Waals surface area contributed by atoms with Crippen molar-refractivity contribution < 1.29 is 19.0 Å². The van der Waals surface area contributed by atoms with Crippen LogP contribution in [0.25, 0.3) is 0 Å². The van der Waals surface area contributed by atoms with Gasteiger partial charge in [-0.25, -0.2) is 0 Å². The first kappa shape index (κ1) is 24.3. The van der Waals surface area contributed by atoms with Crippen LogP contribution in [0.5, 0.6) is 0 Å². The molecule has 6 heteroatoms. The van der Waals surface area contributed by atoms with Crippen LogP contribution in [0, 0.1) is 0 Å². The number of ether oxygens (including phenoxy) is 3. The van der Waals surface area contributed by atoms with Gasteiger partial charge in [-0.2, -0.15) is 0 Å². The Bertz CT molecular complexity index is 267. The van der Waals surface area contributed by atoms with E-state index in [9.17, 15) is 4.79 Å². The quantitative estimate of drug-likeness (QED) is 0.315. The van der Waals surface area contributed by atoms with Crippen LogP contribution in [0.3, 0.4) is 0 Å². The number of methoxy groups -OCH3 is 1. The third-order valence-electron chi connectivity index (χ3n) is 2.77. The Hall–Kier alpha value is -0.950. The molecule has 0 aromatic rings. The van der Waals surface area contributed by atoms with Gasteiger partial charge in [0.15, 0.2) is 0 Å². The van der Waals surface area contributed by atoms with Crippen molar-refractivity contribution in [3.8, 4) is 0 Å². The Labute approximate surface area is 141 Å². The van der Waals surface area contributed by atoms with Gasteiger partial charge >= 0.3 is 5.97 Å². The molecule has 0 aromatic heterocycles. The largest absolute Gasteiger partial charge is 0.463 e. The van der Waals surface area contributed by atoms with Crippen molar-refractivity contribution >= 4 is 5.97 Å². The van der Waals surface area contributed by atoms with Crippen molar-refractivity contribution in [2.24, 2.45) is 5.73 Å². The van der Waals surface area contributed by atoms with Crippen LogP contribution in [0.4, 0.5) is 0 Å². The smallest absolute Gasteiger partial charge is 0.307 e. The molecule has 0 heterocycles. The topological polar surface area (TPSA) is 74.0 Å². The molecular formula is C17H36N2O4. The maximum atomic E-state index is 11.2. The zero-order valence-electron chi connectivity index (χ0n) is 15.4. The van der Waals surface area contributed by atoms with Gasteiger partial charge in [0.05, 0.1) is 26.2 Å². The summed E-state index contributed by atoms with van der Waals surface area (Å²) in [6.07, 6.45) is 7.10. The van der Waals surface area contributed by atoms with Crippen LogP contribution in [0.2, 0.25) is 0 Å². The van der Waals surface area contributed by atoms with Crippen molar-refractivity contribution in [3.05, 3.63) is 12.2 Å². The van der Waals surface area contributed by atoms with Gasteiger partial charge in [-0.15, -0.1) is 0 Å². The summed E-state index contributed by atoms with van der Waals surface area (Å²) >= 11 is 0. The Morgan fingerprint density at radius 1 is 1.04 bits per heavy atom. The van der Waals surface area contributed by atoms with E-state index in [1.165, 1.54) is 12.8 Å². The molecule has 0 aliphatic rings. The van der Waals surface area contributed by atoms with Gasteiger partial charge in [0, 0.05) is 26.7 Å². The molecule has 0 aromatic carbocycles.